The molecule has 0 saturated carbocycles. The number of nitrogens with zero attached hydrogens (tertiary/aromatic N) is 1. The van der Waals surface area contributed by atoms with E-state index in [9.17, 15) is 18.8 Å². The fraction of sp³-hybridized carbons (Fsp3) is 0.136. The van der Waals surface area contributed by atoms with Crippen LogP contribution in [-0.2, 0) is 9.59 Å². The van der Waals surface area contributed by atoms with Gasteiger partial charge in [0, 0.05) is 12.2 Å². The summed E-state index contributed by atoms with van der Waals surface area (Å²) in [5, 5.41) is 5.13. The van der Waals surface area contributed by atoms with Gasteiger partial charge in [0.1, 0.15) is 11.5 Å². The molecule has 1 aliphatic heterocycles. The van der Waals surface area contributed by atoms with Crippen molar-refractivity contribution in [2.45, 2.75) is 0 Å². The van der Waals surface area contributed by atoms with E-state index in [2.05, 4.69) is 17.2 Å². The predicted octanol–water partition coefficient (Wildman–Crippen LogP) is 3.54. The van der Waals surface area contributed by atoms with Crippen LogP contribution < -0.4 is 20.1 Å². The monoisotopic (exact) mass is 551 g/mol. The first kappa shape index (κ1) is 23.3. The molecule has 1 heterocycles. The fourth-order valence-electron chi connectivity index (χ4n) is 2.86. The molecule has 10 heteroatoms. The molecule has 2 N–H and O–H groups in total. The Balaban J connectivity index is 1.73. The smallest absolute Gasteiger partial charge is 0.329 e. The Kier molecular flexibility index (Phi) is 7.46. The highest BCUT2D eigenvalue weighted by Gasteiger charge is 2.32. The molecule has 4 amide bonds. The summed E-state index contributed by atoms with van der Waals surface area (Å²) >= 11 is 2.02. The van der Waals surface area contributed by atoms with E-state index in [-0.39, 0.29) is 18.8 Å². The second kappa shape index (κ2) is 10.3. The number of amides is 4. The first-order valence-electron chi connectivity index (χ1n) is 9.33. The van der Waals surface area contributed by atoms with Crippen LogP contribution in [0.5, 0.6) is 11.5 Å². The van der Waals surface area contributed by atoms with Crippen molar-refractivity contribution < 1.29 is 28.2 Å². The van der Waals surface area contributed by atoms with Crippen molar-refractivity contribution in [2.24, 2.45) is 0 Å². The van der Waals surface area contributed by atoms with Gasteiger partial charge in [0.25, 0.3) is 11.8 Å². The molecule has 8 nitrogen and oxygen atoms in total. The normalized spacial score (nSPS) is 14.3. The van der Waals surface area contributed by atoms with Crippen LogP contribution in [0, 0.1) is 9.39 Å². The summed E-state index contributed by atoms with van der Waals surface area (Å²) in [6.07, 6.45) is 2.99. The summed E-state index contributed by atoms with van der Waals surface area (Å²) in [6, 6.07) is 8.19. The Labute approximate surface area is 197 Å². The third-order valence-corrected chi connectivity index (χ3v) is 5.11. The summed E-state index contributed by atoms with van der Waals surface area (Å²) in [4.78, 5) is 37.5. The maximum atomic E-state index is 13.0. The topological polar surface area (TPSA) is 97.0 Å². The van der Waals surface area contributed by atoms with Gasteiger partial charge in [-0.1, -0.05) is 6.08 Å². The van der Waals surface area contributed by atoms with Crippen molar-refractivity contribution in [3.63, 3.8) is 0 Å². The summed E-state index contributed by atoms with van der Waals surface area (Å²) in [5.41, 5.74) is 1.16. The lowest BCUT2D eigenvalue weighted by Crippen LogP contribution is -2.30. The number of benzene rings is 2. The Bertz CT molecular complexity index is 1100. The Morgan fingerprint density at radius 1 is 1.28 bits per heavy atom. The molecule has 1 aliphatic rings. The second-order valence-electron chi connectivity index (χ2n) is 6.57. The van der Waals surface area contributed by atoms with Crippen LogP contribution in [0.15, 0.2) is 54.8 Å². The van der Waals surface area contributed by atoms with E-state index < -0.39 is 23.7 Å². The molecule has 0 radical (unpaired) electrons. The molecule has 0 spiro atoms. The first-order chi connectivity index (χ1) is 15.3. The predicted molar refractivity (Wildman–Crippen MR) is 125 cm³/mol. The van der Waals surface area contributed by atoms with Crippen molar-refractivity contribution in [2.75, 3.05) is 25.6 Å². The van der Waals surface area contributed by atoms with Gasteiger partial charge in [-0.15, -0.1) is 6.58 Å². The van der Waals surface area contributed by atoms with E-state index in [0.29, 0.717) is 26.3 Å². The third kappa shape index (κ3) is 5.44. The Morgan fingerprint density at radius 3 is 2.66 bits per heavy atom. The van der Waals surface area contributed by atoms with Crippen LogP contribution in [0.4, 0.5) is 14.9 Å². The SMILES string of the molecule is C=CCN1C(=O)N/C(=C/c2cc(I)c(OCC(=O)Nc3ccc(F)cc3)c(OC)c2)C1=O. The number of nitrogens with one attached hydrogen (secondary N) is 2. The van der Waals surface area contributed by atoms with Crippen molar-refractivity contribution in [1.82, 2.24) is 10.2 Å². The van der Waals surface area contributed by atoms with E-state index in [1.54, 1.807) is 12.1 Å². The first-order valence-corrected chi connectivity index (χ1v) is 10.4. The minimum absolute atomic E-state index is 0.107. The third-order valence-electron chi connectivity index (χ3n) is 4.31. The number of halogens is 2. The lowest BCUT2D eigenvalue weighted by Gasteiger charge is -2.14. The zero-order valence-corrected chi connectivity index (χ0v) is 19.1. The molecule has 0 aliphatic carbocycles. The van der Waals surface area contributed by atoms with E-state index in [1.165, 1.54) is 43.5 Å². The molecular weight excluding hydrogens is 532 g/mol. The minimum atomic E-state index is -0.519. The highest BCUT2D eigenvalue weighted by atomic mass is 127. The molecule has 32 heavy (non-hydrogen) atoms. The Hall–Kier alpha value is -3.41. The van der Waals surface area contributed by atoms with Crippen molar-refractivity contribution in [3.05, 3.63) is 69.7 Å². The van der Waals surface area contributed by atoms with Gasteiger partial charge < -0.3 is 20.1 Å². The number of rotatable bonds is 8. The van der Waals surface area contributed by atoms with Gasteiger partial charge in [-0.05, 0) is 70.6 Å². The fourth-order valence-corrected chi connectivity index (χ4v) is 3.65. The second-order valence-corrected chi connectivity index (χ2v) is 7.73. The number of methoxy groups -OCH3 is 1. The number of imide groups is 1. The van der Waals surface area contributed by atoms with E-state index >= 15 is 0 Å². The van der Waals surface area contributed by atoms with Gasteiger partial charge in [0.15, 0.2) is 18.1 Å². The highest BCUT2D eigenvalue weighted by Crippen LogP contribution is 2.34. The number of urea groups is 1. The number of hydrogen-bond donors (Lipinski definition) is 2. The molecule has 166 valence electrons. The number of carbonyl (C=O) groups excluding carboxylic acids is 3. The zero-order valence-electron chi connectivity index (χ0n) is 17.0. The lowest BCUT2D eigenvalue weighted by atomic mass is 10.1. The molecule has 0 unspecified atom stereocenters. The van der Waals surface area contributed by atoms with Gasteiger partial charge in [0.05, 0.1) is 10.7 Å². The van der Waals surface area contributed by atoms with Crippen molar-refractivity contribution in [1.29, 1.82) is 0 Å². The maximum Gasteiger partial charge on any atom is 0.329 e. The van der Waals surface area contributed by atoms with Gasteiger partial charge in [0.2, 0.25) is 0 Å². The van der Waals surface area contributed by atoms with Gasteiger partial charge >= 0.3 is 6.03 Å². The van der Waals surface area contributed by atoms with E-state index in [4.69, 9.17) is 9.47 Å². The molecule has 2 aromatic carbocycles. The number of carbonyl (C=O) groups is 3. The molecule has 0 atom stereocenters. The zero-order chi connectivity index (χ0) is 23.3. The Morgan fingerprint density at radius 2 is 2.00 bits per heavy atom. The largest absolute Gasteiger partial charge is 0.493 e. The van der Waals surface area contributed by atoms with Gasteiger partial charge in [-0.2, -0.15) is 0 Å². The molecular formula is C22H19FIN3O5. The van der Waals surface area contributed by atoms with E-state index in [1.807, 2.05) is 22.6 Å². The standard InChI is InChI=1S/C22H19FIN3O5/c1-3-8-27-21(29)17(26-22(27)30)10-13-9-16(24)20(18(11-13)31-2)32-12-19(28)25-15-6-4-14(23)5-7-15/h3-7,9-11H,1,8,12H2,2H3,(H,25,28)(H,26,30)/b17-10+. The number of hydrogen-bond acceptors (Lipinski definition) is 5. The van der Waals surface area contributed by atoms with E-state index in [0.717, 1.165) is 4.90 Å². The van der Waals surface area contributed by atoms with Gasteiger partial charge in [-0.3, -0.25) is 14.5 Å². The molecule has 3 rings (SSSR count). The lowest BCUT2D eigenvalue weighted by molar-refractivity contribution is -0.122. The molecule has 1 saturated heterocycles. The van der Waals surface area contributed by atoms with Crippen molar-refractivity contribution >= 4 is 52.2 Å². The quantitative estimate of drug-likeness (QED) is 0.227. The van der Waals surface area contributed by atoms with Crippen LogP contribution in [0.1, 0.15) is 5.56 Å². The number of anilines is 1. The molecule has 2 aromatic rings. The summed E-state index contributed by atoms with van der Waals surface area (Å²) in [6.45, 7) is 3.34. The molecule has 0 aromatic heterocycles. The molecule has 1 fully saturated rings. The van der Waals surface area contributed by atoms with Crippen LogP contribution >= 0.6 is 22.6 Å². The maximum absolute atomic E-state index is 13.0. The van der Waals surface area contributed by atoms with Crippen LogP contribution in [0.25, 0.3) is 6.08 Å². The van der Waals surface area contributed by atoms with Crippen LogP contribution in [-0.4, -0.2) is 43.0 Å². The summed E-state index contributed by atoms with van der Waals surface area (Å²) < 4.78 is 24.6. The van der Waals surface area contributed by atoms with Gasteiger partial charge in [-0.25, -0.2) is 9.18 Å². The summed E-state index contributed by atoms with van der Waals surface area (Å²) in [5.74, 6) is -0.595. The van der Waals surface area contributed by atoms with Crippen LogP contribution in [0.3, 0.4) is 0 Å². The summed E-state index contributed by atoms with van der Waals surface area (Å²) in [7, 11) is 1.45. The van der Waals surface area contributed by atoms with Crippen LogP contribution in [0.2, 0.25) is 0 Å². The average molecular weight is 551 g/mol. The molecule has 0 bridgehead atoms. The minimum Gasteiger partial charge on any atom is -0.493 e. The number of ether oxygens (including phenoxy) is 2. The average Bonchev–Trinajstić information content (AvgIpc) is 3.02. The van der Waals surface area contributed by atoms with Crippen molar-refractivity contribution in [3.8, 4) is 11.5 Å². The highest BCUT2D eigenvalue weighted by molar-refractivity contribution is 14.1.